The predicted molar refractivity (Wildman–Crippen MR) is 68.3 cm³/mol. The fourth-order valence-electron chi connectivity index (χ4n) is 1.61. The molecule has 0 aliphatic heterocycles. The number of aromatic amines is 1. The third kappa shape index (κ3) is 3.90. The lowest BCUT2D eigenvalue weighted by Gasteiger charge is -2.19. The zero-order valence-electron chi connectivity index (χ0n) is 9.90. The summed E-state index contributed by atoms with van der Waals surface area (Å²) in [6.07, 6.45) is 2.91. The van der Waals surface area contributed by atoms with Gasteiger partial charge in [-0.15, -0.1) is 0 Å². The Hall–Kier alpha value is -0.940. The molecule has 0 atom stereocenters. The van der Waals surface area contributed by atoms with Gasteiger partial charge in [0.15, 0.2) is 4.77 Å². The van der Waals surface area contributed by atoms with Crippen molar-refractivity contribution in [2.75, 3.05) is 19.6 Å². The van der Waals surface area contributed by atoms with E-state index in [-0.39, 0.29) is 5.56 Å². The third-order valence-electron chi connectivity index (χ3n) is 2.54. The molecule has 0 aliphatic carbocycles. The van der Waals surface area contributed by atoms with Gasteiger partial charge in [0.2, 0.25) is 0 Å². The van der Waals surface area contributed by atoms with Crippen molar-refractivity contribution < 1.29 is 0 Å². The van der Waals surface area contributed by atoms with Crippen molar-refractivity contribution in [3.8, 4) is 0 Å². The summed E-state index contributed by atoms with van der Waals surface area (Å²) in [5, 5.41) is 0. The quantitative estimate of drug-likeness (QED) is 0.770. The molecule has 0 saturated heterocycles. The Balaban J connectivity index is 2.60. The van der Waals surface area contributed by atoms with Gasteiger partial charge in [-0.3, -0.25) is 9.78 Å². The van der Waals surface area contributed by atoms with Crippen LogP contribution in [0.25, 0.3) is 0 Å². The number of nitrogens with one attached hydrogen (secondary N) is 1. The summed E-state index contributed by atoms with van der Waals surface area (Å²) in [6.45, 7) is 8.27. The van der Waals surface area contributed by atoms with E-state index in [2.05, 4.69) is 23.7 Å². The Bertz CT molecular complexity index is 424. The standard InChI is InChI=1S/C11H19N3OS/c1-3-6-13(4-2)8-9-14-7-5-10(15)12-11(14)16/h5,7H,3-4,6,8-9H2,1-2H3,(H,12,15,16). The molecule has 0 spiro atoms. The number of hydrogen-bond acceptors (Lipinski definition) is 3. The maximum Gasteiger partial charge on any atom is 0.251 e. The van der Waals surface area contributed by atoms with Gasteiger partial charge in [0.05, 0.1) is 0 Å². The summed E-state index contributed by atoms with van der Waals surface area (Å²) in [7, 11) is 0. The van der Waals surface area contributed by atoms with Gasteiger partial charge in [-0.1, -0.05) is 13.8 Å². The van der Waals surface area contributed by atoms with Crippen molar-refractivity contribution in [3.63, 3.8) is 0 Å². The normalized spacial score (nSPS) is 10.9. The molecule has 1 aromatic heterocycles. The van der Waals surface area contributed by atoms with Crippen molar-refractivity contribution >= 4 is 12.2 Å². The predicted octanol–water partition coefficient (Wildman–Crippen LogP) is 1.64. The SMILES string of the molecule is CCCN(CC)CCn1ccc(=O)[nH]c1=S. The van der Waals surface area contributed by atoms with Gasteiger partial charge >= 0.3 is 0 Å². The van der Waals surface area contributed by atoms with Crippen molar-refractivity contribution in [1.29, 1.82) is 0 Å². The molecule has 1 N–H and O–H groups in total. The van der Waals surface area contributed by atoms with E-state index in [1.54, 1.807) is 6.20 Å². The van der Waals surface area contributed by atoms with E-state index in [4.69, 9.17) is 12.2 Å². The lowest BCUT2D eigenvalue weighted by atomic mass is 10.4. The van der Waals surface area contributed by atoms with Crippen LogP contribution in [0, 0.1) is 4.77 Å². The topological polar surface area (TPSA) is 41.0 Å². The van der Waals surface area contributed by atoms with Crippen molar-refractivity contribution in [3.05, 3.63) is 27.4 Å². The van der Waals surface area contributed by atoms with Crippen molar-refractivity contribution in [1.82, 2.24) is 14.5 Å². The van der Waals surface area contributed by atoms with Gasteiger partial charge < -0.3 is 9.47 Å². The summed E-state index contributed by atoms with van der Waals surface area (Å²) < 4.78 is 2.40. The number of rotatable bonds is 6. The molecule has 4 nitrogen and oxygen atoms in total. The second kappa shape index (κ2) is 6.60. The molecule has 0 fully saturated rings. The molecule has 0 aliphatic rings. The molecule has 0 aromatic carbocycles. The van der Waals surface area contributed by atoms with Gasteiger partial charge in [0, 0.05) is 25.4 Å². The zero-order valence-corrected chi connectivity index (χ0v) is 10.7. The lowest BCUT2D eigenvalue weighted by molar-refractivity contribution is 0.275. The summed E-state index contributed by atoms with van der Waals surface area (Å²) in [6, 6.07) is 1.51. The number of aromatic nitrogens is 2. The van der Waals surface area contributed by atoms with E-state index in [9.17, 15) is 4.79 Å². The summed E-state index contributed by atoms with van der Waals surface area (Å²) in [5.74, 6) is 0. The molecule has 0 amide bonds. The number of nitrogens with zero attached hydrogens (tertiary/aromatic N) is 2. The largest absolute Gasteiger partial charge is 0.324 e. The number of H-pyrrole nitrogens is 1. The molecule has 5 heteroatoms. The smallest absolute Gasteiger partial charge is 0.251 e. The molecule has 0 unspecified atom stereocenters. The maximum atomic E-state index is 11.0. The van der Waals surface area contributed by atoms with Crippen LogP contribution in [0.15, 0.2) is 17.1 Å². The first kappa shape index (κ1) is 13.1. The van der Waals surface area contributed by atoms with E-state index in [1.165, 1.54) is 6.07 Å². The van der Waals surface area contributed by atoms with E-state index >= 15 is 0 Å². The molecule has 0 saturated carbocycles. The first-order valence-corrected chi connectivity index (χ1v) is 6.10. The van der Waals surface area contributed by atoms with Crippen LogP contribution < -0.4 is 5.56 Å². The highest BCUT2D eigenvalue weighted by molar-refractivity contribution is 7.71. The first-order chi connectivity index (χ1) is 7.67. The molecular formula is C11H19N3OS. The van der Waals surface area contributed by atoms with Gasteiger partial charge in [-0.05, 0) is 31.7 Å². The van der Waals surface area contributed by atoms with E-state index in [1.807, 2.05) is 4.57 Å². The van der Waals surface area contributed by atoms with Crippen LogP contribution in [-0.4, -0.2) is 34.1 Å². The van der Waals surface area contributed by atoms with E-state index in [0.29, 0.717) is 4.77 Å². The van der Waals surface area contributed by atoms with E-state index in [0.717, 1.165) is 32.6 Å². The van der Waals surface area contributed by atoms with Gasteiger partial charge in [-0.2, -0.15) is 0 Å². The minimum atomic E-state index is -0.137. The van der Waals surface area contributed by atoms with Crippen molar-refractivity contribution in [2.45, 2.75) is 26.8 Å². The molecule has 0 bridgehead atoms. The number of likely N-dealkylation sites (N-methyl/N-ethyl adjacent to an activating group) is 1. The highest BCUT2D eigenvalue weighted by atomic mass is 32.1. The molecular weight excluding hydrogens is 222 g/mol. The van der Waals surface area contributed by atoms with Gasteiger partial charge in [0.25, 0.3) is 5.56 Å². The van der Waals surface area contributed by atoms with Gasteiger partial charge in [0.1, 0.15) is 0 Å². The van der Waals surface area contributed by atoms with Gasteiger partial charge in [-0.25, -0.2) is 0 Å². The number of hydrogen-bond donors (Lipinski definition) is 1. The average Bonchev–Trinajstić information content (AvgIpc) is 2.26. The minimum absolute atomic E-state index is 0.137. The summed E-state index contributed by atoms with van der Waals surface area (Å²) >= 11 is 5.08. The second-order valence-electron chi connectivity index (χ2n) is 3.74. The highest BCUT2D eigenvalue weighted by Crippen LogP contribution is 1.94. The van der Waals surface area contributed by atoms with Crippen LogP contribution in [0.3, 0.4) is 0 Å². The van der Waals surface area contributed by atoms with Crippen LogP contribution in [-0.2, 0) is 6.54 Å². The van der Waals surface area contributed by atoms with Crippen LogP contribution >= 0.6 is 12.2 Å². The third-order valence-corrected chi connectivity index (χ3v) is 2.88. The summed E-state index contributed by atoms with van der Waals surface area (Å²) in [4.78, 5) is 16.0. The fraction of sp³-hybridized carbons (Fsp3) is 0.636. The Kier molecular flexibility index (Phi) is 5.42. The first-order valence-electron chi connectivity index (χ1n) is 5.69. The molecule has 1 rings (SSSR count). The Morgan fingerprint density at radius 2 is 2.19 bits per heavy atom. The highest BCUT2D eigenvalue weighted by Gasteiger charge is 2.01. The molecule has 16 heavy (non-hydrogen) atoms. The Labute approximate surface area is 101 Å². The van der Waals surface area contributed by atoms with Crippen molar-refractivity contribution in [2.24, 2.45) is 0 Å². The lowest BCUT2D eigenvalue weighted by Crippen LogP contribution is -2.28. The van der Waals surface area contributed by atoms with E-state index < -0.39 is 0 Å². The Morgan fingerprint density at radius 1 is 1.44 bits per heavy atom. The fourth-order valence-corrected chi connectivity index (χ4v) is 1.87. The summed E-state index contributed by atoms with van der Waals surface area (Å²) in [5.41, 5.74) is -0.137. The van der Waals surface area contributed by atoms with Crippen LogP contribution in [0.4, 0.5) is 0 Å². The maximum absolute atomic E-state index is 11.0. The van der Waals surface area contributed by atoms with Crippen LogP contribution in [0.2, 0.25) is 0 Å². The molecule has 1 heterocycles. The molecule has 90 valence electrons. The second-order valence-corrected chi connectivity index (χ2v) is 4.12. The Morgan fingerprint density at radius 3 is 2.75 bits per heavy atom. The molecule has 1 aromatic rings. The average molecular weight is 241 g/mol. The zero-order chi connectivity index (χ0) is 12.0. The minimum Gasteiger partial charge on any atom is -0.324 e. The monoisotopic (exact) mass is 241 g/mol. The molecule has 0 radical (unpaired) electrons. The van der Waals surface area contributed by atoms with Crippen LogP contribution in [0.1, 0.15) is 20.3 Å². The van der Waals surface area contributed by atoms with Crippen LogP contribution in [0.5, 0.6) is 0 Å².